The molecule has 0 aliphatic carbocycles. The van der Waals surface area contributed by atoms with Crippen LogP contribution < -0.4 is 5.32 Å². The van der Waals surface area contributed by atoms with Gasteiger partial charge >= 0.3 is 0 Å². The zero-order valence-corrected chi connectivity index (χ0v) is 15.4. The lowest BCUT2D eigenvalue weighted by molar-refractivity contribution is -0.125. The lowest BCUT2D eigenvalue weighted by Crippen LogP contribution is -2.28. The summed E-state index contributed by atoms with van der Waals surface area (Å²) in [6, 6.07) is 9.49. The van der Waals surface area contributed by atoms with E-state index in [1.807, 2.05) is 32.0 Å². The first-order valence-corrected chi connectivity index (χ1v) is 9.05. The summed E-state index contributed by atoms with van der Waals surface area (Å²) in [7, 11) is 0. The minimum Gasteiger partial charge on any atom is -0.382 e. The Hall–Kier alpha value is -2.36. The monoisotopic (exact) mass is 373 g/mol. The van der Waals surface area contributed by atoms with Gasteiger partial charge in [0.25, 0.3) is 5.91 Å². The van der Waals surface area contributed by atoms with Gasteiger partial charge in [0.2, 0.25) is 6.10 Å². The summed E-state index contributed by atoms with van der Waals surface area (Å²) >= 11 is 7.57. The highest BCUT2D eigenvalue weighted by atomic mass is 35.5. The average Bonchev–Trinajstić information content (AvgIpc) is 3.19. The van der Waals surface area contributed by atoms with Crippen molar-refractivity contribution in [3.05, 3.63) is 50.9 Å². The molecule has 1 aliphatic rings. The largest absolute Gasteiger partial charge is 0.382 e. The van der Waals surface area contributed by atoms with Crippen LogP contribution in [0.3, 0.4) is 0 Å². The summed E-state index contributed by atoms with van der Waals surface area (Å²) < 4.78 is 0. The Morgan fingerprint density at radius 2 is 2.28 bits per heavy atom. The number of hydrogen-bond acceptors (Lipinski definition) is 5. The second-order valence-electron chi connectivity index (χ2n) is 5.61. The molecule has 1 atom stereocenters. The van der Waals surface area contributed by atoms with Crippen molar-refractivity contribution < 1.29 is 9.63 Å². The van der Waals surface area contributed by atoms with Crippen molar-refractivity contribution in [1.82, 2.24) is 0 Å². The molecule has 1 aromatic heterocycles. The number of nitrogens with one attached hydrogen (secondary N) is 1. The van der Waals surface area contributed by atoms with E-state index in [0.717, 1.165) is 22.4 Å². The van der Waals surface area contributed by atoms with Crippen LogP contribution in [0.4, 0.5) is 5.00 Å². The maximum Gasteiger partial charge on any atom is 0.269 e. The molecule has 128 valence electrons. The van der Waals surface area contributed by atoms with Gasteiger partial charge in [0.15, 0.2) is 0 Å². The number of halogens is 1. The second kappa shape index (κ2) is 7.26. The number of rotatable bonds is 4. The number of carbonyl (C=O) groups is 1. The predicted octanol–water partition coefficient (Wildman–Crippen LogP) is 4.28. The van der Waals surface area contributed by atoms with Crippen LogP contribution in [0.2, 0.25) is 5.02 Å². The predicted molar refractivity (Wildman–Crippen MR) is 99.3 cm³/mol. The summed E-state index contributed by atoms with van der Waals surface area (Å²) in [6.45, 7) is 3.94. The van der Waals surface area contributed by atoms with Crippen LogP contribution in [0, 0.1) is 18.3 Å². The van der Waals surface area contributed by atoms with Crippen molar-refractivity contribution in [2.45, 2.75) is 32.8 Å². The molecule has 0 spiro atoms. The molecule has 1 aliphatic heterocycles. The van der Waals surface area contributed by atoms with Crippen LogP contribution in [-0.4, -0.2) is 17.7 Å². The molecule has 1 unspecified atom stereocenters. The first-order chi connectivity index (χ1) is 12.0. The fourth-order valence-electron chi connectivity index (χ4n) is 2.78. The van der Waals surface area contributed by atoms with Crippen molar-refractivity contribution in [2.75, 3.05) is 5.32 Å². The molecular formula is C18H16ClN3O2S. The number of thiophene rings is 1. The smallest absolute Gasteiger partial charge is 0.269 e. The van der Waals surface area contributed by atoms with Crippen molar-refractivity contribution in [1.29, 1.82) is 5.26 Å². The summed E-state index contributed by atoms with van der Waals surface area (Å²) in [5, 5.41) is 17.3. The fraction of sp³-hybridized carbons (Fsp3) is 0.278. The summed E-state index contributed by atoms with van der Waals surface area (Å²) in [5.41, 5.74) is 2.91. The van der Waals surface area contributed by atoms with E-state index in [-0.39, 0.29) is 5.91 Å². The van der Waals surface area contributed by atoms with Crippen LogP contribution in [0.1, 0.15) is 34.9 Å². The van der Waals surface area contributed by atoms with E-state index >= 15 is 0 Å². The zero-order valence-electron chi connectivity index (χ0n) is 13.8. The minimum atomic E-state index is -0.731. The van der Waals surface area contributed by atoms with E-state index in [2.05, 4.69) is 16.5 Å². The number of aryl methyl sites for hydroxylation is 1. The molecule has 0 saturated carbocycles. The van der Waals surface area contributed by atoms with Gasteiger partial charge in [-0.25, -0.2) is 0 Å². The number of anilines is 1. The Bertz CT molecular complexity index is 898. The maximum atomic E-state index is 12.5. The Morgan fingerprint density at radius 3 is 2.96 bits per heavy atom. The van der Waals surface area contributed by atoms with Gasteiger partial charge in [0, 0.05) is 21.9 Å². The van der Waals surface area contributed by atoms with E-state index in [9.17, 15) is 10.1 Å². The fourth-order valence-corrected chi connectivity index (χ4v) is 4.12. The molecule has 0 bridgehead atoms. The van der Waals surface area contributed by atoms with Gasteiger partial charge in [-0.1, -0.05) is 41.9 Å². The van der Waals surface area contributed by atoms with Gasteiger partial charge in [-0.3, -0.25) is 4.79 Å². The van der Waals surface area contributed by atoms with Crippen LogP contribution >= 0.6 is 22.9 Å². The molecule has 1 aromatic carbocycles. The molecule has 2 aromatic rings. The van der Waals surface area contributed by atoms with Gasteiger partial charge < -0.3 is 10.2 Å². The molecule has 1 N–H and O–H groups in total. The number of hydrogen-bond donors (Lipinski definition) is 1. The van der Waals surface area contributed by atoms with E-state index < -0.39 is 6.10 Å². The lowest BCUT2D eigenvalue weighted by Gasteiger charge is -2.08. The summed E-state index contributed by atoms with van der Waals surface area (Å²) in [4.78, 5) is 18.8. The Labute approximate surface area is 154 Å². The Balaban J connectivity index is 1.73. The van der Waals surface area contributed by atoms with Crippen LogP contribution in [0.15, 0.2) is 29.4 Å². The summed E-state index contributed by atoms with van der Waals surface area (Å²) in [5.74, 6) is -0.314. The van der Waals surface area contributed by atoms with Crippen LogP contribution in [0.5, 0.6) is 0 Å². The number of nitriles is 1. The average molecular weight is 374 g/mol. The maximum absolute atomic E-state index is 12.5. The van der Waals surface area contributed by atoms with Crippen molar-refractivity contribution in [3.63, 3.8) is 0 Å². The van der Waals surface area contributed by atoms with Crippen molar-refractivity contribution in [3.8, 4) is 6.07 Å². The number of nitrogens with zero attached hydrogens (tertiary/aromatic N) is 2. The van der Waals surface area contributed by atoms with E-state index in [0.29, 0.717) is 27.7 Å². The molecule has 25 heavy (non-hydrogen) atoms. The van der Waals surface area contributed by atoms with Gasteiger partial charge in [0.1, 0.15) is 11.1 Å². The number of carbonyl (C=O) groups excluding carboxylic acids is 1. The van der Waals surface area contributed by atoms with E-state index in [1.165, 1.54) is 11.3 Å². The van der Waals surface area contributed by atoms with Crippen LogP contribution in [0.25, 0.3) is 0 Å². The van der Waals surface area contributed by atoms with Crippen molar-refractivity contribution in [2.24, 2.45) is 5.16 Å². The first kappa shape index (κ1) is 17.5. The molecule has 0 saturated heterocycles. The number of amides is 1. The lowest BCUT2D eigenvalue weighted by atomic mass is 10.0. The highest BCUT2D eigenvalue weighted by Gasteiger charge is 2.30. The number of benzene rings is 1. The van der Waals surface area contributed by atoms with Gasteiger partial charge in [-0.15, -0.1) is 11.3 Å². The quantitative estimate of drug-likeness (QED) is 0.869. The second-order valence-corrected chi connectivity index (χ2v) is 7.24. The highest BCUT2D eigenvalue weighted by molar-refractivity contribution is 7.16. The van der Waals surface area contributed by atoms with Crippen molar-refractivity contribution >= 4 is 39.6 Å². The Kier molecular flexibility index (Phi) is 5.07. The molecule has 7 heteroatoms. The highest BCUT2D eigenvalue weighted by Crippen LogP contribution is 2.33. The third-order valence-corrected chi connectivity index (χ3v) is 5.45. The molecule has 0 fully saturated rings. The standard InChI is InChI=1S/C18H16ClN3O2S/c1-3-11-10(2)25-18(13(11)9-20)21-17(23)16-8-15(22-24-16)12-6-4-5-7-14(12)19/h4-7,16H,3,8H2,1-2H3,(H,21,23). The zero-order chi connectivity index (χ0) is 18.0. The number of oxime groups is 1. The normalized spacial score (nSPS) is 16.1. The van der Waals surface area contributed by atoms with E-state index in [4.69, 9.17) is 16.4 Å². The molecular weight excluding hydrogens is 358 g/mol. The topological polar surface area (TPSA) is 74.5 Å². The van der Waals surface area contributed by atoms with Gasteiger partial charge in [-0.05, 0) is 25.0 Å². The molecule has 3 rings (SSSR count). The molecule has 5 nitrogen and oxygen atoms in total. The van der Waals surface area contributed by atoms with Crippen LogP contribution in [-0.2, 0) is 16.1 Å². The third-order valence-electron chi connectivity index (χ3n) is 4.06. The molecule has 1 amide bonds. The van der Waals surface area contributed by atoms with Gasteiger partial charge in [0.05, 0.1) is 11.3 Å². The molecule has 0 radical (unpaired) electrons. The Morgan fingerprint density at radius 1 is 1.52 bits per heavy atom. The van der Waals surface area contributed by atoms with E-state index in [1.54, 1.807) is 6.07 Å². The first-order valence-electron chi connectivity index (χ1n) is 7.86. The SMILES string of the molecule is CCc1c(C)sc(NC(=O)C2CC(c3ccccc3Cl)=NO2)c1C#N. The minimum absolute atomic E-state index is 0.314. The van der Waals surface area contributed by atoms with Gasteiger partial charge in [-0.2, -0.15) is 5.26 Å². The third kappa shape index (κ3) is 3.39. The molecule has 2 heterocycles. The summed E-state index contributed by atoms with van der Waals surface area (Å²) in [6.07, 6.45) is 0.355.